The van der Waals surface area contributed by atoms with E-state index in [1.165, 1.54) is 0 Å². The lowest BCUT2D eigenvalue weighted by Crippen LogP contribution is -2.36. The molecule has 31 heavy (non-hydrogen) atoms. The lowest BCUT2D eigenvalue weighted by molar-refractivity contribution is 0.0827. The van der Waals surface area contributed by atoms with Gasteiger partial charge in [0.2, 0.25) is 0 Å². The maximum Gasteiger partial charge on any atom is 0.253 e. The second-order valence-electron chi connectivity index (χ2n) is 7.47. The number of likely N-dealkylation sites (N-methyl/N-ethyl adjacent to an activating group) is 1. The highest BCUT2D eigenvalue weighted by Crippen LogP contribution is 2.13. The largest absolute Gasteiger partial charge is 0.492 e. The number of hydrogen-bond acceptors (Lipinski definition) is 4. The van der Waals surface area contributed by atoms with Crippen molar-refractivity contribution in [3.8, 4) is 5.75 Å². The van der Waals surface area contributed by atoms with Gasteiger partial charge in [-0.3, -0.25) is 9.79 Å². The van der Waals surface area contributed by atoms with Gasteiger partial charge in [-0.1, -0.05) is 24.3 Å². The van der Waals surface area contributed by atoms with Crippen LogP contribution in [0.5, 0.6) is 5.75 Å². The Bertz CT molecular complexity index is 838. The minimum atomic E-state index is -0.0000833. The predicted molar refractivity (Wildman–Crippen MR) is 137 cm³/mol. The number of halogens is 1. The molecule has 0 unspecified atom stereocenters. The first-order valence-corrected chi connectivity index (χ1v) is 10.0. The van der Waals surface area contributed by atoms with Gasteiger partial charge in [-0.2, -0.15) is 0 Å². The molecule has 0 fully saturated rings. The van der Waals surface area contributed by atoms with Crippen LogP contribution in [0, 0.1) is 0 Å². The number of ether oxygens (including phenoxy) is 1. The van der Waals surface area contributed by atoms with Crippen LogP contribution >= 0.6 is 24.0 Å². The summed E-state index contributed by atoms with van der Waals surface area (Å²) in [5.41, 5.74) is 2.87. The Morgan fingerprint density at radius 3 is 2.19 bits per heavy atom. The number of hydrogen-bond donors (Lipinski definition) is 2. The van der Waals surface area contributed by atoms with E-state index in [2.05, 4.69) is 26.6 Å². The van der Waals surface area contributed by atoms with Gasteiger partial charge >= 0.3 is 0 Å². The first kappa shape index (κ1) is 26.7. The van der Waals surface area contributed by atoms with Gasteiger partial charge in [-0.25, -0.2) is 0 Å². The Morgan fingerprint density at radius 1 is 0.968 bits per heavy atom. The minimum Gasteiger partial charge on any atom is -0.492 e. The van der Waals surface area contributed by atoms with Crippen LogP contribution in [-0.2, 0) is 13.1 Å². The van der Waals surface area contributed by atoms with Crippen molar-refractivity contribution in [2.75, 3.05) is 48.4 Å². The molecule has 2 aromatic rings. The van der Waals surface area contributed by atoms with E-state index in [9.17, 15) is 4.79 Å². The van der Waals surface area contributed by atoms with Crippen LogP contribution in [0.4, 0.5) is 0 Å². The Morgan fingerprint density at radius 2 is 1.61 bits per heavy atom. The van der Waals surface area contributed by atoms with E-state index in [4.69, 9.17) is 4.74 Å². The molecule has 0 radical (unpaired) electrons. The Balaban J connectivity index is 0.00000480. The first-order chi connectivity index (χ1) is 14.4. The highest BCUT2D eigenvalue weighted by atomic mass is 127. The zero-order valence-corrected chi connectivity index (χ0v) is 21.3. The highest BCUT2D eigenvalue weighted by molar-refractivity contribution is 14.0. The summed E-state index contributed by atoms with van der Waals surface area (Å²) in [6.07, 6.45) is 0. The van der Waals surface area contributed by atoms with Crippen molar-refractivity contribution in [3.05, 3.63) is 65.2 Å². The summed E-state index contributed by atoms with van der Waals surface area (Å²) in [6.45, 7) is 2.79. The number of nitrogens with zero attached hydrogens (tertiary/aromatic N) is 3. The summed E-state index contributed by atoms with van der Waals surface area (Å²) in [7, 11) is 9.30. The van der Waals surface area contributed by atoms with Gasteiger partial charge in [-0.05, 0) is 49.5 Å². The fourth-order valence-electron chi connectivity index (χ4n) is 2.71. The predicted octanol–water partition coefficient (Wildman–Crippen LogP) is 2.81. The molecule has 1 amide bonds. The SMILES string of the molecule is CN=C(NCc1ccc(C(=O)N(C)C)cc1)NCc1cccc(OCCN(C)C)c1.I. The van der Waals surface area contributed by atoms with Gasteiger partial charge in [-0.15, -0.1) is 24.0 Å². The van der Waals surface area contributed by atoms with E-state index in [0.29, 0.717) is 31.2 Å². The third kappa shape index (κ3) is 9.56. The van der Waals surface area contributed by atoms with Crippen LogP contribution in [0.25, 0.3) is 0 Å². The highest BCUT2D eigenvalue weighted by Gasteiger charge is 2.07. The van der Waals surface area contributed by atoms with E-state index in [1.54, 1.807) is 26.0 Å². The summed E-state index contributed by atoms with van der Waals surface area (Å²) in [4.78, 5) is 19.9. The molecular weight excluding hydrogens is 505 g/mol. The standard InChI is InChI=1S/C23H33N5O2.HI/c1-24-23(25-16-18-9-11-20(12-10-18)22(29)28(4)5)26-17-19-7-6-8-21(15-19)30-14-13-27(2)3;/h6-12,15H,13-14,16-17H2,1-5H3,(H2,24,25,26);1H. The van der Waals surface area contributed by atoms with Crippen LogP contribution < -0.4 is 15.4 Å². The molecule has 0 atom stereocenters. The van der Waals surface area contributed by atoms with Crippen molar-refractivity contribution in [1.82, 2.24) is 20.4 Å². The van der Waals surface area contributed by atoms with E-state index in [0.717, 1.165) is 23.4 Å². The molecule has 0 spiro atoms. The second kappa shape index (κ2) is 13.9. The summed E-state index contributed by atoms with van der Waals surface area (Å²) < 4.78 is 5.79. The van der Waals surface area contributed by atoms with Crippen molar-refractivity contribution in [1.29, 1.82) is 0 Å². The maximum atomic E-state index is 12.0. The molecule has 0 aliphatic rings. The van der Waals surface area contributed by atoms with Crippen LogP contribution in [0.15, 0.2) is 53.5 Å². The average molecular weight is 539 g/mol. The van der Waals surface area contributed by atoms with E-state index >= 15 is 0 Å². The Kier molecular flexibility index (Phi) is 11.9. The topological polar surface area (TPSA) is 69.2 Å². The number of guanidine groups is 1. The fraction of sp³-hybridized carbons (Fsp3) is 0.391. The fourth-order valence-corrected chi connectivity index (χ4v) is 2.71. The van der Waals surface area contributed by atoms with Gasteiger partial charge in [0.1, 0.15) is 12.4 Å². The molecule has 2 rings (SSSR count). The molecule has 2 N–H and O–H groups in total. The number of benzene rings is 2. The molecule has 0 aliphatic carbocycles. The van der Waals surface area contributed by atoms with Crippen molar-refractivity contribution >= 4 is 35.8 Å². The quantitative estimate of drug-likeness (QED) is 0.292. The number of aliphatic imine (C=N–C) groups is 1. The molecular formula is C23H34IN5O2. The molecule has 2 aromatic carbocycles. The zero-order chi connectivity index (χ0) is 21.9. The summed E-state index contributed by atoms with van der Waals surface area (Å²) >= 11 is 0. The molecule has 0 bridgehead atoms. The van der Waals surface area contributed by atoms with Gasteiger partial charge in [0, 0.05) is 46.3 Å². The number of nitrogens with one attached hydrogen (secondary N) is 2. The third-order valence-corrected chi connectivity index (χ3v) is 4.46. The molecule has 0 aromatic heterocycles. The van der Waals surface area contributed by atoms with Gasteiger partial charge in [0.05, 0.1) is 0 Å². The second-order valence-corrected chi connectivity index (χ2v) is 7.47. The van der Waals surface area contributed by atoms with Gasteiger partial charge < -0.3 is 25.2 Å². The van der Waals surface area contributed by atoms with E-state index in [-0.39, 0.29) is 29.9 Å². The lowest BCUT2D eigenvalue weighted by Gasteiger charge is -2.14. The number of carbonyl (C=O) groups is 1. The third-order valence-electron chi connectivity index (χ3n) is 4.46. The minimum absolute atomic E-state index is 0. The molecule has 0 heterocycles. The molecule has 170 valence electrons. The normalized spacial score (nSPS) is 11.0. The molecule has 0 saturated heterocycles. The van der Waals surface area contributed by atoms with Crippen LogP contribution in [-0.4, -0.2) is 70.1 Å². The van der Waals surface area contributed by atoms with Crippen molar-refractivity contribution in [2.24, 2.45) is 4.99 Å². The van der Waals surface area contributed by atoms with Crippen molar-refractivity contribution in [2.45, 2.75) is 13.1 Å². The Hall–Kier alpha value is -2.33. The molecule has 0 saturated carbocycles. The lowest BCUT2D eigenvalue weighted by atomic mass is 10.1. The summed E-state index contributed by atoms with van der Waals surface area (Å²) in [5, 5.41) is 6.61. The van der Waals surface area contributed by atoms with Crippen LogP contribution in [0.2, 0.25) is 0 Å². The van der Waals surface area contributed by atoms with Gasteiger partial charge in [0.15, 0.2) is 5.96 Å². The molecule has 8 heteroatoms. The number of carbonyl (C=O) groups excluding carboxylic acids is 1. The van der Waals surface area contributed by atoms with E-state index in [1.807, 2.05) is 56.6 Å². The van der Waals surface area contributed by atoms with Crippen molar-refractivity contribution in [3.63, 3.8) is 0 Å². The van der Waals surface area contributed by atoms with Crippen LogP contribution in [0.3, 0.4) is 0 Å². The number of amides is 1. The van der Waals surface area contributed by atoms with E-state index < -0.39 is 0 Å². The van der Waals surface area contributed by atoms with Crippen molar-refractivity contribution < 1.29 is 9.53 Å². The smallest absolute Gasteiger partial charge is 0.253 e. The maximum absolute atomic E-state index is 12.0. The zero-order valence-electron chi connectivity index (χ0n) is 19.0. The Labute approximate surface area is 202 Å². The summed E-state index contributed by atoms with van der Waals surface area (Å²) in [6, 6.07) is 15.6. The average Bonchev–Trinajstić information content (AvgIpc) is 2.73. The van der Waals surface area contributed by atoms with Crippen LogP contribution in [0.1, 0.15) is 21.5 Å². The summed E-state index contributed by atoms with van der Waals surface area (Å²) in [5.74, 6) is 1.58. The number of rotatable bonds is 9. The molecule has 0 aliphatic heterocycles. The monoisotopic (exact) mass is 539 g/mol. The molecule has 7 nitrogen and oxygen atoms in total. The first-order valence-electron chi connectivity index (χ1n) is 10.0. The van der Waals surface area contributed by atoms with Gasteiger partial charge in [0.25, 0.3) is 5.91 Å².